The summed E-state index contributed by atoms with van der Waals surface area (Å²) in [6.07, 6.45) is 1.50. The highest BCUT2D eigenvalue weighted by molar-refractivity contribution is 5.90. The van der Waals surface area contributed by atoms with Gasteiger partial charge in [-0.2, -0.15) is 0 Å². The van der Waals surface area contributed by atoms with Gasteiger partial charge in [-0.15, -0.1) is 0 Å². The largest absolute Gasteiger partial charge is 0.457 e. The van der Waals surface area contributed by atoms with Crippen molar-refractivity contribution in [2.75, 3.05) is 6.54 Å². The molecule has 1 aliphatic heterocycles. The Labute approximate surface area is 174 Å². The van der Waals surface area contributed by atoms with Crippen LogP contribution in [0.25, 0.3) is 11.0 Å². The Morgan fingerprint density at radius 3 is 2.57 bits per heavy atom. The van der Waals surface area contributed by atoms with Crippen LogP contribution < -0.4 is 5.63 Å². The Morgan fingerprint density at radius 1 is 1.10 bits per heavy atom. The first-order valence-corrected chi connectivity index (χ1v) is 9.99. The Morgan fingerprint density at radius 2 is 1.87 bits per heavy atom. The predicted octanol–water partition coefficient (Wildman–Crippen LogP) is 3.89. The molecular weight excluding hydrogens is 382 g/mol. The summed E-state index contributed by atoms with van der Waals surface area (Å²) < 4.78 is 10.8. The van der Waals surface area contributed by atoms with Crippen molar-refractivity contribution in [3.8, 4) is 0 Å². The molecule has 1 aliphatic rings. The summed E-state index contributed by atoms with van der Waals surface area (Å²) in [7, 11) is 0. The number of hydrogen-bond acceptors (Lipinski definition) is 5. The minimum atomic E-state index is -0.469. The van der Waals surface area contributed by atoms with Crippen LogP contribution in [-0.2, 0) is 22.7 Å². The lowest BCUT2D eigenvalue weighted by Crippen LogP contribution is -2.23. The highest BCUT2D eigenvalue weighted by atomic mass is 16.5. The molecule has 0 saturated carbocycles. The van der Waals surface area contributed by atoms with Crippen molar-refractivity contribution in [2.24, 2.45) is 0 Å². The third kappa shape index (κ3) is 3.99. The number of carbonyl (C=O) groups is 2. The van der Waals surface area contributed by atoms with Gasteiger partial charge < -0.3 is 14.1 Å². The van der Waals surface area contributed by atoms with E-state index in [0.717, 1.165) is 35.0 Å². The van der Waals surface area contributed by atoms with Gasteiger partial charge in [-0.05, 0) is 49.1 Å². The van der Waals surface area contributed by atoms with E-state index in [9.17, 15) is 14.4 Å². The normalized spacial score (nSPS) is 13.8. The van der Waals surface area contributed by atoms with Gasteiger partial charge in [-0.3, -0.25) is 4.79 Å². The second kappa shape index (κ2) is 8.14. The standard InChI is InChI=1S/C24H23NO5/c1-15-5-10-20-19(12-22(27)30-23(20)16(15)2)14-29-24(28)18-8-6-17(7-9-18)13-25-11-3-4-21(25)26/h5-10,12H,3-4,11,13-14H2,1-2H3. The van der Waals surface area contributed by atoms with Crippen LogP contribution in [0.4, 0.5) is 0 Å². The van der Waals surface area contributed by atoms with E-state index in [-0.39, 0.29) is 12.5 Å². The molecule has 0 bridgehead atoms. The number of likely N-dealkylation sites (tertiary alicyclic amines) is 1. The minimum Gasteiger partial charge on any atom is -0.457 e. The van der Waals surface area contributed by atoms with Gasteiger partial charge in [-0.1, -0.05) is 24.3 Å². The van der Waals surface area contributed by atoms with Crippen molar-refractivity contribution in [2.45, 2.75) is 39.8 Å². The third-order valence-electron chi connectivity index (χ3n) is 5.61. The van der Waals surface area contributed by atoms with Crippen molar-refractivity contribution in [1.29, 1.82) is 0 Å². The van der Waals surface area contributed by atoms with E-state index >= 15 is 0 Å². The zero-order chi connectivity index (χ0) is 21.3. The summed E-state index contributed by atoms with van der Waals surface area (Å²) in [5.74, 6) is -0.299. The number of carbonyl (C=O) groups excluding carboxylic acids is 2. The average Bonchev–Trinajstić information content (AvgIpc) is 3.14. The molecule has 2 heterocycles. The highest BCUT2D eigenvalue weighted by Gasteiger charge is 2.20. The molecular formula is C24H23NO5. The zero-order valence-electron chi connectivity index (χ0n) is 17.1. The molecule has 3 aromatic rings. The summed E-state index contributed by atoms with van der Waals surface area (Å²) in [5.41, 5.74) is 3.98. The van der Waals surface area contributed by atoms with E-state index < -0.39 is 11.6 Å². The molecule has 0 unspecified atom stereocenters. The van der Waals surface area contributed by atoms with Crippen molar-refractivity contribution >= 4 is 22.8 Å². The SMILES string of the molecule is Cc1ccc2c(COC(=O)c3ccc(CN4CCCC4=O)cc3)cc(=O)oc2c1C. The quantitative estimate of drug-likeness (QED) is 0.475. The van der Waals surface area contributed by atoms with Gasteiger partial charge in [0.2, 0.25) is 5.91 Å². The summed E-state index contributed by atoms with van der Waals surface area (Å²) in [4.78, 5) is 38.0. The number of benzene rings is 2. The molecule has 6 heteroatoms. The maximum atomic E-state index is 12.5. The number of rotatable bonds is 5. The summed E-state index contributed by atoms with van der Waals surface area (Å²) in [6, 6.07) is 12.2. The number of aryl methyl sites for hydroxylation is 2. The Bertz CT molecular complexity index is 1180. The van der Waals surface area contributed by atoms with Gasteiger partial charge >= 0.3 is 11.6 Å². The van der Waals surface area contributed by atoms with Gasteiger partial charge in [0.05, 0.1) is 5.56 Å². The van der Waals surface area contributed by atoms with Gasteiger partial charge in [0.1, 0.15) is 12.2 Å². The van der Waals surface area contributed by atoms with E-state index in [1.54, 1.807) is 12.1 Å². The first-order valence-electron chi connectivity index (χ1n) is 9.99. The molecule has 0 radical (unpaired) electrons. The van der Waals surface area contributed by atoms with Crippen LogP contribution in [0.2, 0.25) is 0 Å². The molecule has 6 nitrogen and oxygen atoms in total. The van der Waals surface area contributed by atoms with E-state index in [1.165, 1.54) is 6.07 Å². The van der Waals surface area contributed by atoms with Crippen LogP contribution in [0.3, 0.4) is 0 Å². The summed E-state index contributed by atoms with van der Waals surface area (Å²) in [6.45, 7) is 5.16. The van der Waals surface area contributed by atoms with E-state index in [1.807, 2.05) is 43.0 Å². The second-order valence-electron chi connectivity index (χ2n) is 7.67. The molecule has 4 rings (SSSR count). The molecule has 0 aliphatic carbocycles. The zero-order valence-corrected chi connectivity index (χ0v) is 17.1. The van der Waals surface area contributed by atoms with Crippen LogP contribution in [0, 0.1) is 13.8 Å². The number of amides is 1. The van der Waals surface area contributed by atoms with E-state index in [2.05, 4.69) is 0 Å². The molecule has 0 N–H and O–H groups in total. The Kier molecular flexibility index (Phi) is 5.40. The minimum absolute atomic E-state index is 0.0204. The van der Waals surface area contributed by atoms with Crippen LogP contribution >= 0.6 is 0 Å². The lowest BCUT2D eigenvalue weighted by molar-refractivity contribution is -0.128. The first-order chi connectivity index (χ1) is 14.4. The Hall–Kier alpha value is -3.41. The van der Waals surface area contributed by atoms with Crippen molar-refractivity contribution in [1.82, 2.24) is 4.90 Å². The maximum absolute atomic E-state index is 12.5. The van der Waals surface area contributed by atoms with Gasteiger partial charge in [0.25, 0.3) is 0 Å². The number of esters is 1. The second-order valence-corrected chi connectivity index (χ2v) is 7.67. The van der Waals surface area contributed by atoms with Crippen LogP contribution in [0.15, 0.2) is 51.7 Å². The topological polar surface area (TPSA) is 76.8 Å². The Balaban J connectivity index is 1.46. The summed E-state index contributed by atoms with van der Waals surface area (Å²) in [5, 5.41) is 0.760. The molecule has 1 amide bonds. The van der Waals surface area contributed by atoms with Crippen LogP contribution in [0.5, 0.6) is 0 Å². The first kappa shape index (κ1) is 19.9. The van der Waals surface area contributed by atoms with Gasteiger partial charge in [-0.25, -0.2) is 9.59 Å². The molecule has 1 saturated heterocycles. The maximum Gasteiger partial charge on any atom is 0.338 e. The fourth-order valence-electron chi connectivity index (χ4n) is 3.71. The van der Waals surface area contributed by atoms with Gasteiger partial charge in [0, 0.05) is 36.5 Å². The molecule has 1 aromatic heterocycles. The van der Waals surface area contributed by atoms with E-state index in [4.69, 9.17) is 9.15 Å². The molecule has 0 atom stereocenters. The number of hydrogen-bond donors (Lipinski definition) is 0. The molecule has 2 aromatic carbocycles. The molecule has 154 valence electrons. The van der Waals surface area contributed by atoms with Crippen molar-refractivity contribution in [3.05, 3.63) is 80.7 Å². The average molecular weight is 405 g/mol. The summed E-state index contributed by atoms with van der Waals surface area (Å²) >= 11 is 0. The van der Waals surface area contributed by atoms with Crippen molar-refractivity contribution < 1.29 is 18.7 Å². The lowest BCUT2D eigenvalue weighted by Gasteiger charge is -2.15. The van der Waals surface area contributed by atoms with Crippen LogP contribution in [0.1, 0.15) is 45.5 Å². The fourth-order valence-corrected chi connectivity index (χ4v) is 3.71. The fraction of sp³-hybridized carbons (Fsp3) is 0.292. The molecule has 1 fully saturated rings. The number of ether oxygens (including phenoxy) is 1. The molecule has 0 spiro atoms. The van der Waals surface area contributed by atoms with Crippen molar-refractivity contribution in [3.63, 3.8) is 0 Å². The smallest absolute Gasteiger partial charge is 0.338 e. The number of fused-ring (bicyclic) bond motifs is 1. The van der Waals surface area contributed by atoms with Crippen LogP contribution in [-0.4, -0.2) is 23.3 Å². The monoisotopic (exact) mass is 405 g/mol. The molecule has 30 heavy (non-hydrogen) atoms. The lowest BCUT2D eigenvalue weighted by atomic mass is 10.0. The van der Waals surface area contributed by atoms with Gasteiger partial charge in [0.15, 0.2) is 0 Å². The third-order valence-corrected chi connectivity index (χ3v) is 5.61. The predicted molar refractivity (Wildman–Crippen MR) is 112 cm³/mol. The highest BCUT2D eigenvalue weighted by Crippen LogP contribution is 2.24. The number of nitrogens with zero attached hydrogens (tertiary/aromatic N) is 1. The van der Waals surface area contributed by atoms with E-state index in [0.29, 0.717) is 29.7 Å².